The number of rotatable bonds is 14. The lowest BCUT2D eigenvalue weighted by molar-refractivity contribution is 0.303. The van der Waals surface area contributed by atoms with Gasteiger partial charge in [-0.3, -0.25) is 0 Å². The average Bonchev–Trinajstić information content (AvgIpc) is 2.98. The highest BCUT2D eigenvalue weighted by Gasteiger charge is 2.22. The third-order valence-corrected chi connectivity index (χ3v) is 9.57. The van der Waals surface area contributed by atoms with E-state index in [-0.39, 0.29) is 0 Å². The van der Waals surface area contributed by atoms with Gasteiger partial charge in [0, 0.05) is 6.54 Å². The summed E-state index contributed by atoms with van der Waals surface area (Å²) in [7, 11) is 3.79. The maximum absolute atomic E-state index is 5.12. The third kappa shape index (κ3) is 8.47. The summed E-state index contributed by atoms with van der Waals surface area (Å²) in [5.74, 6) is 1.72. The van der Waals surface area contributed by atoms with Crippen molar-refractivity contribution < 1.29 is 4.18 Å². The van der Waals surface area contributed by atoms with E-state index in [4.69, 9.17) is 4.18 Å². The molecule has 0 N–H and O–H groups in total. The van der Waals surface area contributed by atoms with Crippen LogP contribution in [0.3, 0.4) is 0 Å². The fourth-order valence-corrected chi connectivity index (χ4v) is 7.05. The molecular formula is C37H51NOS. The topological polar surface area (TPSA) is 12.5 Å². The number of hydrogen-bond acceptors (Lipinski definition) is 3. The normalized spacial score (nSPS) is 17.4. The van der Waals surface area contributed by atoms with Crippen molar-refractivity contribution in [3.63, 3.8) is 0 Å². The summed E-state index contributed by atoms with van der Waals surface area (Å²) in [6.45, 7) is 7.91. The largest absolute Gasteiger partial charge is 0.304 e. The zero-order valence-corrected chi connectivity index (χ0v) is 26.5. The van der Waals surface area contributed by atoms with Crippen molar-refractivity contribution in [3.8, 4) is 22.3 Å². The summed E-state index contributed by atoms with van der Waals surface area (Å²) >= 11 is 1.41. The second-order valence-electron chi connectivity index (χ2n) is 11.9. The highest BCUT2D eigenvalue weighted by molar-refractivity contribution is 7.92. The fourth-order valence-electron chi connectivity index (χ4n) is 6.59. The van der Waals surface area contributed by atoms with Crippen LogP contribution >= 0.6 is 12.2 Å². The van der Waals surface area contributed by atoms with Gasteiger partial charge in [0.2, 0.25) is 0 Å². The molecule has 1 saturated carbocycles. The van der Waals surface area contributed by atoms with Crippen molar-refractivity contribution in [1.82, 2.24) is 4.31 Å². The molecule has 0 atom stereocenters. The third-order valence-electron chi connectivity index (χ3n) is 8.99. The molecule has 0 heterocycles. The van der Waals surface area contributed by atoms with Gasteiger partial charge in [-0.1, -0.05) is 100 Å². The molecule has 0 amide bonds. The van der Waals surface area contributed by atoms with Gasteiger partial charge < -0.3 is 4.18 Å². The van der Waals surface area contributed by atoms with Crippen molar-refractivity contribution in [2.75, 3.05) is 20.7 Å². The van der Waals surface area contributed by atoms with Gasteiger partial charge in [0.25, 0.3) is 0 Å². The first kappa shape index (κ1) is 30.9. The first-order valence-corrected chi connectivity index (χ1v) is 16.5. The number of benzene rings is 3. The van der Waals surface area contributed by atoms with Gasteiger partial charge in [-0.05, 0) is 115 Å². The van der Waals surface area contributed by atoms with E-state index >= 15 is 0 Å². The van der Waals surface area contributed by atoms with E-state index in [0.717, 1.165) is 37.6 Å². The Morgan fingerprint density at radius 2 is 1.55 bits per heavy atom. The Kier molecular flexibility index (Phi) is 12.2. The molecule has 0 unspecified atom stereocenters. The maximum Gasteiger partial charge on any atom is 0.0813 e. The summed E-state index contributed by atoms with van der Waals surface area (Å²) < 4.78 is 7.26. The van der Waals surface area contributed by atoms with Gasteiger partial charge in [0.15, 0.2) is 0 Å². The molecule has 3 aromatic rings. The Morgan fingerprint density at radius 3 is 2.23 bits per heavy atom. The zero-order valence-electron chi connectivity index (χ0n) is 25.7. The highest BCUT2D eigenvalue weighted by atomic mass is 32.2. The van der Waals surface area contributed by atoms with Crippen molar-refractivity contribution in [2.45, 2.75) is 97.3 Å². The molecule has 4 rings (SSSR count). The van der Waals surface area contributed by atoms with Crippen LogP contribution in [0.15, 0.2) is 60.7 Å². The van der Waals surface area contributed by atoms with Crippen molar-refractivity contribution >= 4 is 12.2 Å². The minimum Gasteiger partial charge on any atom is -0.304 e. The summed E-state index contributed by atoms with van der Waals surface area (Å²) in [5.41, 5.74) is 11.2. The smallest absolute Gasteiger partial charge is 0.0813 e. The van der Waals surface area contributed by atoms with Gasteiger partial charge in [0.1, 0.15) is 0 Å². The van der Waals surface area contributed by atoms with Crippen LogP contribution in [0.2, 0.25) is 0 Å². The van der Waals surface area contributed by atoms with Gasteiger partial charge in [-0.25, -0.2) is 4.31 Å². The van der Waals surface area contributed by atoms with Crippen LogP contribution in [0.25, 0.3) is 22.3 Å². The van der Waals surface area contributed by atoms with E-state index in [1.165, 1.54) is 103 Å². The number of nitrogens with zero attached hydrogens (tertiary/aromatic N) is 1. The van der Waals surface area contributed by atoms with Gasteiger partial charge >= 0.3 is 0 Å². The van der Waals surface area contributed by atoms with Crippen LogP contribution in [0.1, 0.15) is 99.8 Å². The number of hydrogen-bond donors (Lipinski definition) is 0. The zero-order chi connectivity index (χ0) is 28.3. The highest BCUT2D eigenvalue weighted by Crippen LogP contribution is 2.39. The maximum atomic E-state index is 5.12. The second kappa shape index (κ2) is 15.8. The molecular weight excluding hydrogens is 506 g/mol. The molecule has 2 nitrogen and oxygen atoms in total. The average molecular weight is 558 g/mol. The quantitative estimate of drug-likeness (QED) is 0.111. The SMILES string of the molecule is CCCCCC1CCC(c2ccc(-c3ccc(-c4ccc(CCCN(C)SOC)cc4)c(CC)c3)c(C)c2)CC1. The Labute approximate surface area is 249 Å². The molecule has 1 aliphatic rings. The van der Waals surface area contributed by atoms with E-state index in [1.54, 1.807) is 12.7 Å². The Balaban J connectivity index is 1.40. The lowest BCUT2D eigenvalue weighted by Crippen LogP contribution is -2.13. The van der Waals surface area contributed by atoms with Crippen LogP contribution < -0.4 is 0 Å². The molecule has 0 aliphatic heterocycles. The van der Waals surface area contributed by atoms with Crippen molar-refractivity contribution in [1.29, 1.82) is 0 Å². The Hall–Kier alpha value is -2.07. The molecule has 0 saturated heterocycles. The molecule has 0 spiro atoms. The van der Waals surface area contributed by atoms with Gasteiger partial charge in [-0.15, -0.1) is 0 Å². The van der Waals surface area contributed by atoms with E-state index < -0.39 is 0 Å². The first-order valence-electron chi connectivity index (χ1n) is 15.8. The minimum atomic E-state index is 0.747. The monoisotopic (exact) mass is 557 g/mol. The molecule has 0 aromatic heterocycles. The minimum absolute atomic E-state index is 0.747. The van der Waals surface area contributed by atoms with Crippen LogP contribution in [0.5, 0.6) is 0 Å². The van der Waals surface area contributed by atoms with E-state index in [9.17, 15) is 0 Å². The van der Waals surface area contributed by atoms with Gasteiger partial charge in [-0.2, -0.15) is 0 Å². The van der Waals surface area contributed by atoms with E-state index in [2.05, 4.69) is 92.8 Å². The summed E-state index contributed by atoms with van der Waals surface area (Å²) in [5, 5.41) is 0. The lowest BCUT2D eigenvalue weighted by atomic mass is 9.76. The summed E-state index contributed by atoms with van der Waals surface area (Å²) in [6, 6.07) is 23.6. The van der Waals surface area contributed by atoms with Crippen LogP contribution in [-0.2, 0) is 17.0 Å². The Bertz CT molecular complexity index is 1180. The number of unbranched alkanes of at least 4 members (excludes halogenated alkanes) is 2. The van der Waals surface area contributed by atoms with Crippen molar-refractivity contribution in [2.24, 2.45) is 5.92 Å². The molecule has 3 heteroatoms. The molecule has 0 bridgehead atoms. The van der Waals surface area contributed by atoms with E-state index in [1.807, 2.05) is 0 Å². The van der Waals surface area contributed by atoms with Crippen LogP contribution in [0.4, 0.5) is 0 Å². The first-order chi connectivity index (χ1) is 19.5. The standard InChI is InChI=1S/C37H51NOS/c1-6-8-9-11-29-13-17-32(18-14-29)34-21-23-36(28(3)26-34)35-22-24-37(31(7-2)27-35)33-19-15-30(16-20-33)12-10-25-38(4)40-39-5/h15-16,19-24,26-27,29,32H,6-14,17-18,25H2,1-5H3. The predicted octanol–water partition coefficient (Wildman–Crippen LogP) is 10.8. The summed E-state index contributed by atoms with van der Waals surface area (Å²) in [4.78, 5) is 0. The molecule has 3 aromatic carbocycles. The molecule has 40 heavy (non-hydrogen) atoms. The molecule has 0 radical (unpaired) electrons. The van der Waals surface area contributed by atoms with Crippen LogP contribution in [0, 0.1) is 12.8 Å². The van der Waals surface area contributed by atoms with E-state index in [0.29, 0.717) is 0 Å². The molecule has 216 valence electrons. The predicted molar refractivity (Wildman–Crippen MR) is 176 cm³/mol. The van der Waals surface area contributed by atoms with Crippen molar-refractivity contribution in [3.05, 3.63) is 82.9 Å². The van der Waals surface area contributed by atoms with Gasteiger partial charge in [0.05, 0.1) is 19.3 Å². The number of aryl methyl sites for hydroxylation is 3. The van der Waals surface area contributed by atoms with Crippen LogP contribution in [-0.4, -0.2) is 25.0 Å². The molecule has 1 aliphatic carbocycles. The fraction of sp³-hybridized carbons (Fsp3) is 0.514. The summed E-state index contributed by atoms with van der Waals surface area (Å²) in [6.07, 6.45) is 14.4. The lowest BCUT2D eigenvalue weighted by Gasteiger charge is -2.29. The molecule has 1 fully saturated rings. The second-order valence-corrected chi connectivity index (χ2v) is 13.0. The Morgan fingerprint density at radius 1 is 0.825 bits per heavy atom.